The molecule has 1 aromatic heterocycles. The lowest BCUT2D eigenvalue weighted by Gasteiger charge is -2.38. The lowest BCUT2D eigenvalue weighted by Crippen LogP contribution is -2.50. The Kier molecular flexibility index (Phi) is 5.00. The van der Waals surface area contributed by atoms with Gasteiger partial charge in [0.05, 0.1) is 11.8 Å². The zero-order chi connectivity index (χ0) is 14.6. The summed E-state index contributed by atoms with van der Waals surface area (Å²) in [6.45, 7) is 1.89. The summed E-state index contributed by atoms with van der Waals surface area (Å²) in [6, 6.07) is 2.37. The van der Waals surface area contributed by atoms with Crippen molar-refractivity contribution in [1.29, 1.82) is 5.26 Å². The molecule has 0 unspecified atom stereocenters. The van der Waals surface area contributed by atoms with Crippen molar-refractivity contribution in [2.45, 2.75) is 48.9 Å². The molecule has 7 heteroatoms. The summed E-state index contributed by atoms with van der Waals surface area (Å²) >= 11 is 2.88. The van der Waals surface area contributed by atoms with E-state index in [9.17, 15) is 10.1 Å². The van der Waals surface area contributed by atoms with Crippen molar-refractivity contribution in [3.05, 3.63) is 5.01 Å². The topological polar surface area (TPSA) is 69.9 Å². The van der Waals surface area contributed by atoms with E-state index in [-0.39, 0.29) is 5.91 Å². The van der Waals surface area contributed by atoms with Gasteiger partial charge >= 0.3 is 0 Å². The van der Waals surface area contributed by atoms with Crippen LogP contribution in [-0.2, 0) is 4.79 Å². The minimum Gasteiger partial charge on any atom is -0.326 e. The van der Waals surface area contributed by atoms with E-state index in [4.69, 9.17) is 0 Å². The molecule has 1 aliphatic carbocycles. The van der Waals surface area contributed by atoms with Crippen LogP contribution in [0.3, 0.4) is 0 Å². The standard InChI is InChI=1S/C13H18N4OS2/c1-10-15-16-12(20-10)19-8-11(18)17(2)13(9-14)6-4-3-5-7-13/h3-8H2,1-2H3. The predicted molar refractivity (Wildman–Crippen MR) is 79.6 cm³/mol. The van der Waals surface area contributed by atoms with Crippen molar-refractivity contribution in [2.24, 2.45) is 0 Å². The van der Waals surface area contributed by atoms with Gasteiger partial charge in [0.2, 0.25) is 5.91 Å². The highest BCUT2D eigenvalue weighted by Crippen LogP contribution is 2.33. The first kappa shape index (κ1) is 15.3. The normalized spacial score (nSPS) is 17.4. The number of thioether (sulfide) groups is 1. The van der Waals surface area contributed by atoms with Crippen molar-refractivity contribution in [3.63, 3.8) is 0 Å². The third-order valence-electron chi connectivity index (χ3n) is 3.73. The molecule has 1 amide bonds. The zero-order valence-corrected chi connectivity index (χ0v) is 13.4. The fourth-order valence-corrected chi connectivity index (χ4v) is 4.18. The number of carbonyl (C=O) groups is 1. The van der Waals surface area contributed by atoms with Crippen molar-refractivity contribution < 1.29 is 4.79 Å². The molecule has 0 radical (unpaired) electrons. The maximum Gasteiger partial charge on any atom is 0.234 e. The maximum absolute atomic E-state index is 12.3. The zero-order valence-electron chi connectivity index (χ0n) is 11.8. The number of nitriles is 1. The maximum atomic E-state index is 12.3. The van der Waals surface area contributed by atoms with E-state index in [1.165, 1.54) is 23.1 Å². The molecule has 0 aromatic carbocycles. The van der Waals surface area contributed by atoms with Gasteiger partial charge in [-0.1, -0.05) is 42.4 Å². The summed E-state index contributed by atoms with van der Waals surface area (Å²) in [5.74, 6) is 0.306. The average molecular weight is 310 g/mol. The van der Waals surface area contributed by atoms with E-state index in [1.54, 1.807) is 11.9 Å². The molecule has 108 valence electrons. The van der Waals surface area contributed by atoms with E-state index in [0.717, 1.165) is 41.5 Å². The molecule has 1 aliphatic rings. The Hall–Kier alpha value is -1.13. The van der Waals surface area contributed by atoms with Gasteiger partial charge in [0.1, 0.15) is 10.5 Å². The molecule has 0 N–H and O–H groups in total. The molecule has 0 aliphatic heterocycles. The molecule has 0 spiro atoms. The number of nitrogens with zero attached hydrogens (tertiary/aromatic N) is 4. The minimum absolute atomic E-state index is 0.00805. The monoisotopic (exact) mass is 310 g/mol. The molecule has 5 nitrogen and oxygen atoms in total. The highest BCUT2D eigenvalue weighted by Gasteiger charge is 2.38. The van der Waals surface area contributed by atoms with Crippen molar-refractivity contribution >= 4 is 29.0 Å². The van der Waals surface area contributed by atoms with E-state index in [1.807, 2.05) is 6.92 Å². The fourth-order valence-electron chi connectivity index (χ4n) is 2.45. The molecule has 0 bridgehead atoms. The quantitative estimate of drug-likeness (QED) is 0.800. The highest BCUT2D eigenvalue weighted by atomic mass is 32.2. The molecular formula is C13H18N4OS2. The smallest absolute Gasteiger partial charge is 0.234 e. The van der Waals surface area contributed by atoms with Crippen LogP contribution in [0, 0.1) is 18.3 Å². The summed E-state index contributed by atoms with van der Waals surface area (Å²) in [4.78, 5) is 13.9. The largest absolute Gasteiger partial charge is 0.326 e. The Labute approximate surface area is 127 Å². The summed E-state index contributed by atoms with van der Waals surface area (Å²) in [6.07, 6.45) is 4.77. The number of aryl methyl sites for hydroxylation is 1. The molecular weight excluding hydrogens is 292 g/mol. The summed E-state index contributed by atoms with van der Waals surface area (Å²) in [5, 5.41) is 18.3. The summed E-state index contributed by atoms with van der Waals surface area (Å²) in [7, 11) is 1.75. The number of hydrogen-bond donors (Lipinski definition) is 0. The molecule has 2 rings (SSSR count). The first-order valence-corrected chi connectivity index (χ1v) is 8.48. The Balaban J connectivity index is 1.95. The lowest BCUT2D eigenvalue weighted by atomic mass is 9.81. The number of amides is 1. The minimum atomic E-state index is -0.604. The van der Waals surface area contributed by atoms with Crippen LogP contribution in [0.2, 0.25) is 0 Å². The van der Waals surface area contributed by atoms with Crippen LogP contribution in [0.15, 0.2) is 4.34 Å². The molecule has 20 heavy (non-hydrogen) atoms. The third-order valence-corrected chi connectivity index (χ3v) is 5.69. The molecule has 1 heterocycles. The van der Waals surface area contributed by atoms with Crippen LogP contribution < -0.4 is 0 Å². The first-order chi connectivity index (χ1) is 9.57. The van der Waals surface area contributed by atoms with Gasteiger partial charge < -0.3 is 4.90 Å². The van der Waals surface area contributed by atoms with Gasteiger partial charge in [-0.05, 0) is 19.8 Å². The average Bonchev–Trinajstić information content (AvgIpc) is 2.90. The molecule has 1 aromatic rings. The molecule has 0 saturated heterocycles. The third kappa shape index (κ3) is 3.30. The van der Waals surface area contributed by atoms with Crippen LogP contribution in [-0.4, -0.2) is 39.3 Å². The number of carbonyl (C=O) groups excluding carboxylic acids is 1. The van der Waals surface area contributed by atoms with Gasteiger partial charge in [0, 0.05) is 7.05 Å². The Morgan fingerprint density at radius 2 is 2.15 bits per heavy atom. The van der Waals surface area contributed by atoms with E-state index < -0.39 is 5.54 Å². The van der Waals surface area contributed by atoms with E-state index in [2.05, 4.69) is 16.3 Å². The SMILES string of the molecule is Cc1nnc(SCC(=O)N(C)C2(C#N)CCCCC2)s1. The first-order valence-electron chi connectivity index (χ1n) is 6.68. The molecule has 1 fully saturated rings. The number of hydrogen-bond acceptors (Lipinski definition) is 6. The van der Waals surface area contributed by atoms with E-state index in [0.29, 0.717) is 5.75 Å². The van der Waals surface area contributed by atoms with Gasteiger partial charge in [0.25, 0.3) is 0 Å². The second-order valence-corrected chi connectivity index (χ2v) is 7.44. The fraction of sp³-hybridized carbons (Fsp3) is 0.692. The second-order valence-electron chi connectivity index (χ2n) is 5.03. The van der Waals surface area contributed by atoms with Crippen LogP contribution in [0.1, 0.15) is 37.1 Å². The van der Waals surface area contributed by atoms with Gasteiger partial charge in [-0.25, -0.2) is 0 Å². The summed E-state index contributed by atoms with van der Waals surface area (Å²) < 4.78 is 0.805. The Morgan fingerprint density at radius 3 is 2.70 bits per heavy atom. The molecule has 1 saturated carbocycles. The summed E-state index contributed by atoms with van der Waals surface area (Å²) in [5.41, 5.74) is -0.604. The molecule has 0 atom stereocenters. The van der Waals surface area contributed by atoms with Gasteiger partial charge in [0.15, 0.2) is 4.34 Å². The van der Waals surface area contributed by atoms with Crippen LogP contribution in [0.5, 0.6) is 0 Å². The van der Waals surface area contributed by atoms with Crippen LogP contribution >= 0.6 is 23.1 Å². The van der Waals surface area contributed by atoms with Gasteiger partial charge in [-0.15, -0.1) is 10.2 Å². The Bertz CT molecular complexity index is 517. The van der Waals surface area contributed by atoms with Crippen molar-refractivity contribution in [3.8, 4) is 6.07 Å². The highest BCUT2D eigenvalue weighted by molar-refractivity contribution is 8.01. The van der Waals surface area contributed by atoms with Crippen LogP contribution in [0.25, 0.3) is 0 Å². The Morgan fingerprint density at radius 1 is 1.45 bits per heavy atom. The van der Waals surface area contributed by atoms with Crippen LogP contribution in [0.4, 0.5) is 0 Å². The van der Waals surface area contributed by atoms with Gasteiger partial charge in [-0.2, -0.15) is 5.26 Å². The van der Waals surface area contributed by atoms with Crippen molar-refractivity contribution in [1.82, 2.24) is 15.1 Å². The number of rotatable bonds is 4. The lowest BCUT2D eigenvalue weighted by molar-refractivity contribution is -0.131. The van der Waals surface area contributed by atoms with Gasteiger partial charge in [-0.3, -0.25) is 4.79 Å². The second kappa shape index (κ2) is 6.55. The number of aromatic nitrogens is 2. The van der Waals surface area contributed by atoms with Crippen molar-refractivity contribution in [2.75, 3.05) is 12.8 Å². The van der Waals surface area contributed by atoms with E-state index >= 15 is 0 Å². The predicted octanol–water partition coefficient (Wildman–Crippen LogP) is 2.62.